The zero-order valence-corrected chi connectivity index (χ0v) is 18.2. The van der Waals surface area contributed by atoms with Crippen LogP contribution in [0.25, 0.3) is 0 Å². The monoisotopic (exact) mass is 462 g/mol. The molecule has 3 atom stereocenters. The third kappa shape index (κ3) is 5.69. The molecule has 0 radical (unpaired) electrons. The molecule has 2 aliphatic heterocycles. The normalized spacial score (nSPS) is 28.0. The molecule has 6 nitrogen and oxygen atoms in total. The van der Waals surface area contributed by atoms with Gasteiger partial charge >= 0.3 is 5.97 Å². The van der Waals surface area contributed by atoms with Gasteiger partial charge in [-0.3, -0.25) is 14.4 Å². The molecule has 0 spiro atoms. The zero-order chi connectivity index (χ0) is 20.8. The van der Waals surface area contributed by atoms with Crippen LogP contribution in [0, 0.1) is 5.92 Å². The summed E-state index contributed by atoms with van der Waals surface area (Å²) in [5.41, 5.74) is 0.974. The summed E-state index contributed by atoms with van der Waals surface area (Å²) in [7, 11) is 0. The molecule has 7 heteroatoms. The maximum atomic E-state index is 13.1. The van der Waals surface area contributed by atoms with Crippen LogP contribution >= 0.6 is 15.9 Å². The van der Waals surface area contributed by atoms with Crippen LogP contribution in [-0.4, -0.2) is 41.9 Å². The number of fused-ring (bicyclic) bond motifs is 1. The number of nitrogens with one attached hydrogen (secondary N) is 1. The topological polar surface area (TPSA) is 75.7 Å². The van der Waals surface area contributed by atoms with Gasteiger partial charge in [0.2, 0.25) is 11.8 Å². The van der Waals surface area contributed by atoms with Crippen LogP contribution in [-0.2, 0) is 19.1 Å². The number of amides is 2. The number of cyclic esters (lactones) is 1. The molecular formula is C22H27BrN2O4. The van der Waals surface area contributed by atoms with Crippen molar-refractivity contribution in [1.82, 2.24) is 10.2 Å². The van der Waals surface area contributed by atoms with E-state index in [4.69, 9.17) is 4.74 Å². The summed E-state index contributed by atoms with van der Waals surface area (Å²) >= 11 is 3.44. The lowest BCUT2D eigenvalue weighted by Gasteiger charge is -2.29. The van der Waals surface area contributed by atoms with Crippen LogP contribution in [0.4, 0.5) is 0 Å². The van der Waals surface area contributed by atoms with Gasteiger partial charge in [0.05, 0.1) is 19.1 Å². The fourth-order valence-electron chi connectivity index (χ4n) is 3.88. The van der Waals surface area contributed by atoms with Crippen molar-refractivity contribution >= 4 is 33.7 Å². The van der Waals surface area contributed by atoms with E-state index >= 15 is 0 Å². The lowest BCUT2D eigenvalue weighted by molar-refractivity contribution is -0.144. The third-order valence-corrected chi connectivity index (χ3v) is 5.98. The number of benzene rings is 1. The molecule has 1 N–H and O–H groups in total. The standard InChI is InChI=1S/C22H27BrN2O4/c1-15-5-2-8-20(27)29-14-4-7-19(26)25-13-3-6-18(25)22(28)24-21(15)16-9-11-17(23)12-10-16/h2,5,9-12,15,18,21H,3-4,6-8,13-14H2,1H3,(H,24,28)/b5-2+/t15-,18+,21+/m1/s1. The van der Waals surface area contributed by atoms with Crippen molar-refractivity contribution in [2.75, 3.05) is 13.2 Å². The number of nitrogens with zero attached hydrogens (tertiary/aromatic N) is 1. The van der Waals surface area contributed by atoms with Crippen molar-refractivity contribution in [3.63, 3.8) is 0 Å². The van der Waals surface area contributed by atoms with E-state index in [1.165, 1.54) is 0 Å². The minimum absolute atomic E-state index is 0.0383. The van der Waals surface area contributed by atoms with Crippen LogP contribution in [0.15, 0.2) is 40.9 Å². The first-order valence-corrected chi connectivity index (χ1v) is 10.9. The van der Waals surface area contributed by atoms with E-state index in [9.17, 15) is 14.4 Å². The van der Waals surface area contributed by atoms with Crippen LogP contribution in [0.1, 0.15) is 50.6 Å². The Morgan fingerprint density at radius 2 is 1.90 bits per heavy atom. The fraction of sp³-hybridized carbons (Fsp3) is 0.500. The first-order valence-electron chi connectivity index (χ1n) is 10.1. The van der Waals surface area contributed by atoms with Crippen molar-refractivity contribution in [2.24, 2.45) is 5.92 Å². The number of carbonyl (C=O) groups is 3. The van der Waals surface area contributed by atoms with Crippen molar-refractivity contribution in [3.8, 4) is 0 Å². The number of ether oxygens (including phenoxy) is 1. The third-order valence-electron chi connectivity index (χ3n) is 5.45. The predicted molar refractivity (Wildman–Crippen MR) is 113 cm³/mol. The van der Waals surface area contributed by atoms with Gasteiger partial charge in [0.25, 0.3) is 0 Å². The Labute approximate surface area is 179 Å². The molecule has 1 aromatic rings. The van der Waals surface area contributed by atoms with Gasteiger partial charge in [-0.05, 0) is 42.9 Å². The van der Waals surface area contributed by atoms with Gasteiger partial charge in [0.1, 0.15) is 6.04 Å². The Balaban J connectivity index is 1.87. The van der Waals surface area contributed by atoms with Gasteiger partial charge in [-0.15, -0.1) is 0 Å². The highest BCUT2D eigenvalue weighted by Gasteiger charge is 2.35. The average Bonchev–Trinajstić information content (AvgIpc) is 3.19. The van der Waals surface area contributed by atoms with Crippen LogP contribution < -0.4 is 5.32 Å². The first-order chi connectivity index (χ1) is 14.0. The molecule has 0 unspecified atom stereocenters. The van der Waals surface area contributed by atoms with E-state index in [1.54, 1.807) is 11.0 Å². The molecule has 0 aromatic heterocycles. The second-order valence-corrected chi connectivity index (χ2v) is 8.51. The van der Waals surface area contributed by atoms with Gasteiger partial charge < -0.3 is 15.0 Å². The lowest BCUT2D eigenvalue weighted by Crippen LogP contribution is -2.47. The van der Waals surface area contributed by atoms with E-state index in [-0.39, 0.29) is 49.2 Å². The van der Waals surface area contributed by atoms with E-state index in [0.717, 1.165) is 16.5 Å². The highest BCUT2D eigenvalue weighted by atomic mass is 79.9. The molecular weight excluding hydrogens is 436 g/mol. The van der Waals surface area contributed by atoms with Gasteiger partial charge in [-0.1, -0.05) is 47.1 Å². The summed E-state index contributed by atoms with van der Waals surface area (Å²) < 4.78 is 6.17. The van der Waals surface area contributed by atoms with E-state index < -0.39 is 6.04 Å². The molecule has 3 rings (SSSR count). The molecule has 1 saturated heterocycles. The number of halogens is 1. The molecule has 29 heavy (non-hydrogen) atoms. The summed E-state index contributed by atoms with van der Waals surface area (Å²) in [6.07, 6.45) is 6.13. The number of hydrogen-bond acceptors (Lipinski definition) is 4. The van der Waals surface area contributed by atoms with Crippen molar-refractivity contribution < 1.29 is 19.1 Å². The van der Waals surface area contributed by atoms with Crippen LogP contribution in [0.2, 0.25) is 0 Å². The summed E-state index contributed by atoms with van der Waals surface area (Å²) in [6.45, 7) is 2.82. The Bertz CT molecular complexity index is 778. The summed E-state index contributed by atoms with van der Waals surface area (Å²) in [5.74, 6) is -0.520. The van der Waals surface area contributed by atoms with Crippen LogP contribution in [0.3, 0.4) is 0 Å². The van der Waals surface area contributed by atoms with Gasteiger partial charge in [-0.25, -0.2) is 0 Å². The smallest absolute Gasteiger partial charge is 0.309 e. The Kier molecular flexibility index (Phi) is 7.47. The Hall–Kier alpha value is -2.15. The highest BCUT2D eigenvalue weighted by molar-refractivity contribution is 9.10. The predicted octanol–water partition coefficient (Wildman–Crippen LogP) is 3.52. The minimum Gasteiger partial charge on any atom is -0.465 e. The highest BCUT2D eigenvalue weighted by Crippen LogP contribution is 2.27. The van der Waals surface area contributed by atoms with Crippen molar-refractivity contribution in [2.45, 2.75) is 51.1 Å². The molecule has 2 heterocycles. The maximum absolute atomic E-state index is 13.1. The largest absolute Gasteiger partial charge is 0.465 e. The zero-order valence-electron chi connectivity index (χ0n) is 16.6. The lowest BCUT2D eigenvalue weighted by atomic mass is 9.93. The van der Waals surface area contributed by atoms with Crippen LogP contribution in [0.5, 0.6) is 0 Å². The summed E-state index contributed by atoms with van der Waals surface area (Å²) in [4.78, 5) is 39.3. The quantitative estimate of drug-likeness (QED) is 0.511. The molecule has 0 saturated carbocycles. The molecule has 0 bridgehead atoms. The average molecular weight is 463 g/mol. The Morgan fingerprint density at radius 1 is 1.14 bits per heavy atom. The second kappa shape index (κ2) is 10.1. The number of hydrogen-bond donors (Lipinski definition) is 1. The summed E-state index contributed by atoms with van der Waals surface area (Å²) in [5, 5.41) is 3.16. The minimum atomic E-state index is -0.440. The number of esters is 1. The number of carbonyl (C=O) groups excluding carboxylic acids is 3. The SMILES string of the molecule is C[C@@H]1/C=C/CC(=O)OCCCC(=O)N2CCC[C@H]2C(=O)N[C@@H]1c1ccc(Br)cc1. The van der Waals surface area contributed by atoms with E-state index in [2.05, 4.69) is 21.2 Å². The molecule has 1 fully saturated rings. The van der Waals surface area contributed by atoms with Gasteiger partial charge in [0.15, 0.2) is 0 Å². The Morgan fingerprint density at radius 3 is 2.66 bits per heavy atom. The first kappa shape index (κ1) is 21.6. The molecule has 1 aromatic carbocycles. The molecule has 2 aliphatic rings. The summed E-state index contributed by atoms with van der Waals surface area (Å²) in [6, 6.07) is 7.13. The van der Waals surface area contributed by atoms with E-state index in [1.807, 2.05) is 37.3 Å². The molecule has 156 valence electrons. The second-order valence-electron chi connectivity index (χ2n) is 7.60. The molecule has 2 amide bonds. The van der Waals surface area contributed by atoms with E-state index in [0.29, 0.717) is 19.4 Å². The maximum Gasteiger partial charge on any atom is 0.309 e. The number of rotatable bonds is 1. The fourth-order valence-corrected chi connectivity index (χ4v) is 4.14. The molecule has 0 aliphatic carbocycles. The van der Waals surface area contributed by atoms with Crippen molar-refractivity contribution in [3.05, 3.63) is 46.5 Å². The van der Waals surface area contributed by atoms with Crippen molar-refractivity contribution in [1.29, 1.82) is 0 Å². The van der Waals surface area contributed by atoms with Gasteiger partial charge in [-0.2, -0.15) is 0 Å². The van der Waals surface area contributed by atoms with Gasteiger partial charge in [0, 0.05) is 17.4 Å².